The second-order valence-electron chi connectivity index (χ2n) is 5.10. The summed E-state index contributed by atoms with van der Waals surface area (Å²) < 4.78 is 19.6. The van der Waals surface area contributed by atoms with Gasteiger partial charge in [0.15, 0.2) is 11.6 Å². The Labute approximate surface area is 121 Å². The van der Waals surface area contributed by atoms with E-state index >= 15 is 0 Å². The van der Waals surface area contributed by atoms with Crippen LogP contribution in [0.15, 0.2) is 12.3 Å². The maximum atomic E-state index is 13.9. The summed E-state index contributed by atoms with van der Waals surface area (Å²) in [7, 11) is 1.77. The first-order chi connectivity index (χ1) is 9.56. The number of ether oxygens (including phenoxy) is 1. The molecule has 1 amide bonds. The van der Waals surface area contributed by atoms with Gasteiger partial charge in [-0.05, 0) is 6.07 Å². The van der Waals surface area contributed by atoms with Crippen molar-refractivity contribution in [3.63, 3.8) is 0 Å². The molecule has 0 saturated carbocycles. The van der Waals surface area contributed by atoms with Gasteiger partial charge in [-0.1, -0.05) is 11.6 Å². The Balaban J connectivity index is 1.83. The molecule has 108 valence electrons. The van der Waals surface area contributed by atoms with E-state index in [1.54, 1.807) is 16.8 Å². The van der Waals surface area contributed by atoms with Gasteiger partial charge in [0.1, 0.15) is 0 Å². The van der Waals surface area contributed by atoms with E-state index in [-0.39, 0.29) is 28.9 Å². The van der Waals surface area contributed by atoms with Gasteiger partial charge in [-0.15, -0.1) is 0 Å². The quantitative estimate of drug-likeness (QED) is 0.784. The summed E-state index contributed by atoms with van der Waals surface area (Å²) in [6.45, 7) is 1.45. The van der Waals surface area contributed by atoms with Crippen LogP contribution in [-0.2, 0) is 9.53 Å². The van der Waals surface area contributed by atoms with Crippen molar-refractivity contribution < 1.29 is 13.9 Å². The number of pyridine rings is 1. The molecule has 1 aromatic heterocycles. The number of carbonyl (C=O) groups excluding carboxylic acids is 1. The minimum atomic E-state index is -0.456. The van der Waals surface area contributed by atoms with E-state index in [0.29, 0.717) is 26.1 Å². The van der Waals surface area contributed by atoms with Crippen LogP contribution in [0.4, 0.5) is 10.2 Å². The number of aromatic nitrogens is 1. The van der Waals surface area contributed by atoms with Crippen LogP contribution in [0.1, 0.15) is 6.42 Å². The Hall–Kier alpha value is -1.40. The molecule has 3 rings (SSSR count). The highest BCUT2D eigenvalue weighted by molar-refractivity contribution is 6.30. The van der Waals surface area contributed by atoms with Crippen molar-refractivity contribution in [1.82, 2.24) is 9.88 Å². The first kappa shape index (κ1) is 13.6. The van der Waals surface area contributed by atoms with Crippen molar-refractivity contribution in [3.8, 4) is 0 Å². The highest BCUT2D eigenvalue weighted by atomic mass is 35.5. The van der Waals surface area contributed by atoms with Gasteiger partial charge in [0.2, 0.25) is 5.91 Å². The molecule has 2 aliphatic rings. The van der Waals surface area contributed by atoms with E-state index in [1.807, 2.05) is 0 Å². The van der Waals surface area contributed by atoms with E-state index in [1.165, 1.54) is 12.3 Å². The van der Waals surface area contributed by atoms with E-state index in [4.69, 9.17) is 16.3 Å². The average molecular weight is 300 g/mol. The lowest BCUT2D eigenvalue weighted by Gasteiger charge is -2.25. The number of rotatable bonds is 1. The van der Waals surface area contributed by atoms with Crippen molar-refractivity contribution in [1.29, 1.82) is 0 Å². The fourth-order valence-electron chi connectivity index (χ4n) is 2.76. The van der Waals surface area contributed by atoms with Crippen LogP contribution >= 0.6 is 11.6 Å². The van der Waals surface area contributed by atoms with Crippen molar-refractivity contribution in [3.05, 3.63) is 23.1 Å². The summed E-state index contributed by atoms with van der Waals surface area (Å²) in [5.74, 6) is -0.140. The maximum Gasteiger partial charge on any atom is 0.225 e. The van der Waals surface area contributed by atoms with Gasteiger partial charge in [-0.3, -0.25) is 4.79 Å². The third kappa shape index (κ3) is 2.33. The molecule has 0 aromatic carbocycles. The van der Waals surface area contributed by atoms with Gasteiger partial charge in [-0.25, -0.2) is 9.37 Å². The molecule has 2 atom stereocenters. The zero-order chi connectivity index (χ0) is 14.3. The molecule has 0 aliphatic carbocycles. The third-order valence-corrected chi connectivity index (χ3v) is 4.07. The third-order valence-electron chi connectivity index (χ3n) is 3.86. The summed E-state index contributed by atoms with van der Waals surface area (Å²) in [4.78, 5) is 19.4. The number of nitrogens with zero attached hydrogens (tertiary/aromatic N) is 3. The molecule has 0 bridgehead atoms. The molecule has 0 unspecified atom stereocenters. The summed E-state index contributed by atoms with van der Waals surface area (Å²) in [5, 5.41) is 0.267. The Morgan fingerprint density at radius 1 is 1.50 bits per heavy atom. The lowest BCUT2D eigenvalue weighted by Crippen LogP contribution is -2.42. The van der Waals surface area contributed by atoms with Crippen LogP contribution in [0.25, 0.3) is 0 Å². The Morgan fingerprint density at radius 3 is 3.05 bits per heavy atom. The highest BCUT2D eigenvalue weighted by Crippen LogP contribution is 2.28. The maximum absolute atomic E-state index is 13.9. The molecule has 0 radical (unpaired) electrons. The zero-order valence-corrected chi connectivity index (χ0v) is 11.8. The molecule has 2 saturated heterocycles. The van der Waals surface area contributed by atoms with Gasteiger partial charge in [0.25, 0.3) is 0 Å². The fourth-order valence-corrected chi connectivity index (χ4v) is 2.91. The van der Waals surface area contributed by atoms with Crippen molar-refractivity contribution in [2.45, 2.75) is 18.6 Å². The second kappa shape index (κ2) is 5.18. The zero-order valence-electron chi connectivity index (χ0n) is 11.1. The van der Waals surface area contributed by atoms with Gasteiger partial charge in [0.05, 0.1) is 30.2 Å². The summed E-state index contributed by atoms with van der Waals surface area (Å²) in [5.41, 5.74) is 0. The molecular formula is C13H15ClFN3O2. The van der Waals surface area contributed by atoms with E-state index in [2.05, 4.69) is 4.98 Å². The largest absolute Gasteiger partial charge is 0.374 e. The van der Waals surface area contributed by atoms with Crippen LogP contribution in [0.2, 0.25) is 5.02 Å². The number of amides is 1. The molecule has 2 aliphatic heterocycles. The molecule has 3 heterocycles. The highest BCUT2D eigenvalue weighted by Gasteiger charge is 2.40. The standard InChI is InChI=1S/C13H15ClFN3O2/c1-17-10-6-18(7-11(10)20-3-2-12(17)19)13-9(15)4-8(14)5-16-13/h4-5,10-11H,2-3,6-7H2,1H3/t10-,11-/m0/s1. The summed E-state index contributed by atoms with van der Waals surface area (Å²) in [6.07, 6.45) is 1.71. The van der Waals surface area contributed by atoms with E-state index < -0.39 is 5.82 Å². The minimum Gasteiger partial charge on any atom is -0.374 e. The van der Waals surface area contributed by atoms with Crippen molar-refractivity contribution in [2.24, 2.45) is 0 Å². The second-order valence-corrected chi connectivity index (χ2v) is 5.53. The Bertz CT molecular complexity index is 542. The molecule has 7 heteroatoms. The molecule has 5 nitrogen and oxygen atoms in total. The summed E-state index contributed by atoms with van der Waals surface area (Å²) >= 11 is 5.71. The van der Waals surface area contributed by atoms with Gasteiger partial charge in [0, 0.05) is 26.3 Å². The fraction of sp³-hybridized carbons (Fsp3) is 0.538. The van der Waals surface area contributed by atoms with Crippen molar-refractivity contribution in [2.75, 3.05) is 31.6 Å². The van der Waals surface area contributed by atoms with Gasteiger partial charge < -0.3 is 14.5 Å². The lowest BCUT2D eigenvalue weighted by molar-refractivity contribution is -0.130. The van der Waals surface area contributed by atoms with Crippen LogP contribution in [0, 0.1) is 5.82 Å². The number of carbonyl (C=O) groups is 1. The van der Waals surface area contributed by atoms with Gasteiger partial charge >= 0.3 is 0 Å². The monoisotopic (exact) mass is 299 g/mol. The average Bonchev–Trinajstić information content (AvgIpc) is 2.76. The molecule has 2 fully saturated rings. The SMILES string of the molecule is CN1C(=O)CCO[C@H]2CN(c3ncc(Cl)cc3F)C[C@@H]21. The molecule has 0 N–H and O–H groups in total. The lowest BCUT2D eigenvalue weighted by atomic mass is 10.2. The van der Waals surface area contributed by atoms with Gasteiger partial charge in [-0.2, -0.15) is 0 Å². The minimum absolute atomic E-state index is 0.0592. The number of hydrogen-bond acceptors (Lipinski definition) is 4. The Kier molecular flexibility index (Phi) is 3.52. The number of halogens is 2. The normalized spacial score (nSPS) is 26.6. The smallest absolute Gasteiger partial charge is 0.225 e. The number of likely N-dealkylation sites (N-methyl/N-ethyl adjacent to an activating group) is 1. The van der Waals surface area contributed by atoms with Crippen molar-refractivity contribution >= 4 is 23.3 Å². The van der Waals surface area contributed by atoms with E-state index in [0.717, 1.165) is 0 Å². The van der Waals surface area contributed by atoms with Crippen LogP contribution in [0.3, 0.4) is 0 Å². The van der Waals surface area contributed by atoms with Crippen LogP contribution in [0.5, 0.6) is 0 Å². The first-order valence-corrected chi connectivity index (χ1v) is 6.87. The topological polar surface area (TPSA) is 45.7 Å². The van der Waals surface area contributed by atoms with E-state index in [9.17, 15) is 9.18 Å². The number of fused-ring (bicyclic) bond motifs is 1. The molecule has 20 heavy (non-hydrogen) atoms. The van der Waals surface area contributed by atoms with Crippen LogP contribution < -0.4 is 4.90 Å². The first-order valence-electron chi connectivity index (χ1n) is 6.49. The Morgan fingerprint density at radius 2 is 2.30 bits per heavy atom. The summed E-state index contributed by atoms with van der Waals surface area (Å²) in [6, 6.07) is 1.18. The predicted molar refractivity (Wildman–Crippen MR) is 72.3 cm³/mol. The number of hydrogen-bond donors (Lipinski definition) is 0. The van der Waals surface area contributed by atoms with Crippen LogP contribution in [-0.4, -0.2) is 54.7 Å². The molecule has 1 aromatic rings. The molecule has 0 spiro atoms. The molecular weight excluding hydrogens is 285 g/mol. The number of anilines is 1. The predicted octanol–water partition coefficient (Wildman–Crippen LogP) is 1.31.